The quantitative estimate of drug-likeness (QED) is 0.644. The van der Waals surface area contributed by atoms with Crippen molar-refractivity contribution in [1.82, 2.24) is 5.32 Å². The van der Waals surface area contributed by atoms with Crippen molar-refractivity contribution >= 4 is 11.6 Å². The predicted molar refractivity (Wildman–Crippen MR) is 80.2 cm³/mol. The van der Waals surface area contributed by atoms with Gasteiger partial charge in [-0.1, -0.05) is 6.92 Å². The van der Waals surface area contributed by atoms with Crippen LogP contribution in [-0.2, 0) is 9.53 Å². The highest BCUT2D eigenvalue weighted by atomic mass is 16.5. The summed E-state index contributed by atoms with van der Waals surface area (Å²) in [5.41, 5.74) is 0.775. The van der Waals surface area contributed by atoms with E-state index in [-0.39, 0.29) is 5.91 Å². The fourth-order valence-corrected chi connectivity index (χ4v) is 1.60. The van der Waals surface area contributed by atoms with E-state index >= 15 is 0 Å². The van der Waals surface area contributed by atoms with Gasteiger partial charge in [-0.2, -0.15) is 0 Å². The number of benzene rings is 1. The van der Waals surface area contributed by atoms with Gasteiger partial charge in [-0.25, -0.2) is 0 Å². The van der Waals surface area contributed by atoms with E-state index in [4.69, 9.17) is 9.47 Å². The van der Waals surface area contributed by atoms with Crippen molar-refractivity contribution in [3.8, 4) is 5.75 Å². The van der Waals surface area contributed by atoms with Gasteiger partial charge in [-0.3, -0.25) is 4.79 Å². The van der Waals surface area contributed by atoms with E-state index in [0.29, 0.717) is 19.8 Å². The van der Waals surface area contributed by atoms with Crippen molar-refractivity contribution in [1.29, 1.82) is 0 Å². The lowest BCUT2D eigenvalue weighted by Gasteiger charge is -2.08. The van der Waals surface area contributed by atoms with Gasteiger partial charge in [0, 0.05) is 19.4 Å². The molecule has 0 unspecified atom stereocenters. The van der Waals surface area contributed by atoms with Gasteiger partial charge in [-0.15, -0.1) is 0 Å². The summed E-state index contributed by atoms with van der Waals surface area (Å²) < 4.78 is 10.4. The number of amides is 1. The monoisotopic (exact) mass is 280 g/mol. The zero-order valence-electron chi connectivity index (χ0n) is 12.3. The van der Waals surface area contributed by atoms with Crippen LogP contribution in [0, 0.1) is 0 Å². The molecule has 0 radical (unpaired) electrons. The number of rotatable bonds is 10. The first-order chi connectivity index (χ1) is 9.76. The number of nitrogens with one attached hydrogen (secondary N) is 2. The summed E-state index contributed by atoms with van der Waals surface area (Å²) in [6.07, 6.45) is 1.88. The average Bonchev–Trinajstić information content (AvgIpc) is 2.46. The number of carbonyl (C=O) groups excluding carboxylic acids is 1. The van der Waals surface area contributed by atoms with Crippen molar-refractivity contribution in [3.05, 3.63) is 24.3 Å². The first-order valence-electron chi connectivity index (χ1n) is 6.98. The van der Waals surface area contributed by atoms with Crippen LogP contribution in [0.5, 0.6) is 5.75 Å². The fourth-order valence-electron chi connectivity index (χ4n) is 1.60. The third-order valence-electron chi connectivity index (χ3n) is 2.60. The summed E-state index contributed by atoms with van der Waals surface area (Å²) in [6.45, 7) is 4.54. The van der Waals surface area contributed by atoms with Gasteiger partial charge in [0.1, 0.15) is 5.75 Å². The van der Waals surface area contributed by atoms with Crippen LogP contribution in [0.4, 0.5) is 5.69 Å². The van der Waals surface area contributed by atoms with Gasteiger partial charge in [-0.05, 0) is 43.7 Å². The van der Waals surface area contributed by atoms with Crippen molar-refractivity contribution in [2.24, 2.45) is 0 Å². The minimum absolute atomic E-state index is 0.0513. The van der Waals surface area contributed by atoms with Crippen molar-refractivity contribution in [3.63, 3.8) is 0 Å². The predicted octanol–water partition coefficient (Wildman–Crippen LogP) is 2.04. The van der Waals surface area contributed by atoms with Gasteiger partial charge in [0.25, 0.3) is 0 Å². The maximum atomic E-state index is 11.7. The summed E-state index contributed by atoms with van der Waals surface area (Å²) in [6, 6.07) is 7.40. The molecule has 0 spiro atoms. The van der Waals surface area contributed by atoms with E-state index in [0.717, 1.165) is 30.8 Å². The van der Waals surface area contributed by atoms with E-state index in [1.165, 1.54) is 0 Å². The van der Waals surface area contributed by atoms with E-state index in [1.54, 1.807) is 7.11 Å². The number of methoxy groups -OCH3 is 1. The highest BCUT2D eigenvalue weighted by Gasteiger charge is 2.02. The SMILES string of the molecule is CCCOc1ccc(NC(=O)CNCCCOC)cc1. The molecular formula is C15H24N2O3. The maximum absolute atomic E-state index is 11.7. The van der Waals surface area contributed by atoms with Gasteiger partial charge in [0.15, 0.2) is 0 Å². The summed E-state index contributed by atoms with van der Waals surface area (Å²) in [7, 11) is 1.67. The van der Waals surface area contributed by atoms with Crippen LogP contribution < -0.4 is 15.4 Å². The first-order valence-corrected chi connectivity index (χ1v) is 6.98. The molecule has 0 atom stereocenters. The number of anilines is 1. The largest absolute Gasteiger partial charge is 0.494 e. The molecule has 1 aromatic rings. The number of ether oxygens (including phenoxy) is 2. The zero-order valence-corrected chi connectivity index (χ0v) is 12.3. The third kappa shape index (κ3) is 7.11. The molecule has 0 aromatic heterocycles. The summed E-state index contributed by atoms with van der Waals surface area (Å²) in [5, 5.41) is 5.89. The van der Waals surface area contributed by atoms with Gasteiger partial charge >= 0.3 is 0 Å². The van der Waals surface area contributed by atoms with Crippen LogP contribution in [0.25, 0.3) is 0 Å². The molecule has 0 saturated heterocycles. The van der Waals surface area contributed by atoms with Gasteiger partial charge in [0.2, 0.25) is 5.91 Å². The van der Waals surface area contributed by atoms with Gasteiger partial charge < -0.3 is 20.1 Å². The smallest absolute Gasteiger partial charge is 0.238 e. The summed E-state index contributed by atoms with van der Waals surface area (Å²) >= 11 is 0. The average molecular weight is 280 g/mol. The fraction of sp³-hybridized carbons (Fsp3) is 0.533. The summed E-state index contributed by atoms with van der Waals surface area (Å²) in [5.74, 6) is 0.771. The van der Waals surface area contributed by atoms with Crippen molar-refractivity contribution in [2.45, 2.75) is 19.8 Å². The van der Waals surface area contributed by atoms with E-state index < -0.39 is 0 Å². The molecule has 0 bridgehead atoms. The molecule has 0 aliphatic heterocycles. The highest BCUT2D eigenvalue weighted by Crippen LogP contribution is 2.15. The number of hydrogen-bond donors (Lipinski definition) is 2. The topological polar surface area (TPSA) is 59.6 Å². The molecule has 0 heterocycles. The van der Waals surface area contributed by atoms with E-state index in [9.17, 15) is 4.79 Å². The van der Waals surface area contributed by atoms with E-state index in [1.807, 2.05) is 24.3 Å². The molecule has 1 rings (SSSR count). The second kappa shape index (κ2) is 10.2. The van der Waals surface area contributed by atoms with Crippen LogP contribution in [0.2, 0.25) is 0 Å². The lowest BCUT2D eigenvalue weighted by atomic mass is 10.3. The molecule has 0 aliphatic rings. The Labute approximate surface area is 120 Å². The molecule has 112 valence electrons. The Morgan fingerprint density at radius 1 is 1.20 bits per heavy atom. The summed E-state index contributed by atoms with van der Waals surface area (Å²) in [4.78, 5) is 11.7. The molecule has 5 heteroatoms. The molecular weight excluding hydrogens is 256 g/mol. The Bertz CT molecular complexity index is 379. The molecule has 0 aliphatic carbocycles. The second-order valence-corrected chi connectivity index (χ2v) is 4.44. The molecule has 0 fully saturated rings. The number of carbonyl (C=O) groups is 1. The minimum atomic E-state index is -0.0513. The second-order valence-electron chi connectivity index (χ2n) is 4.44. The Balaban J connectivity index is 2.24. The Morgan fingerprint density at radius 2 is 1.95 bits per heavy atom. The first kappa shape index (κ1) is 16.5. The Morgan fingerprint density at radius 3 is 2.60 bits per heavy atom. The van der Waals surface area contributed by atoms with Crippen LogP contribution in [0.15, 0.2) is 24.3 Å². The minimum Gasteiger partial charge on any atom is -0.494 e. The Kier molecular flexibility index (Phi) is 8.42. The molecule has 0 saturated carbocycles. The van der Waals surface area contributed by atoms with Crippen LogP contribution in [-0.4, -0.2) is 39.3 Å². The van der Waals surface area contributed by atoms with Crippen LogP contribution in [0.1, 0.15) is 19.8 Å². The normalized spacial score (nSPS) is 10.3. The lowest BCUT2D eigenvalue weighted by molar-refractivity contribution is -0.115. The zero-order chi connectivity index (χ0) is 14.6. The van der Waals surface area contributed by atoms with Crippen molar-refractivity contribution in [2.75, 3.05) is 38.7 Å². The third-order valence-corrected chi connectivity index (χ3v) is 2.60. The molecule has 1 amide bonds. The van der Waals surface area contributed by atoms with Gasteiger partial charge in [0.05, 0.1) is 13.2 Å². The lowest BCUT2D eigenvalue weighted by Crippen LogP contribution is -2.29. The van der Waals surface area contributed by atoms with E-state index in [2.05, 4.69) is 17.6 Å². The standard InChI is InChI=1S/C15H24N2O3/c1-3-10-20-14-7-5-13(6-8-14)17-15(18)12-16-9-4-11-19-2/h5-8,16H,3-4,9-12H2,1-2H3,(H,17,18). The van der Waals surface area contributed by atoms with Crippen molar-refractivity contribution < 1.29 is 14.3 Å². The van der Waals surface area contributed by atoms with Crippen LogP contribution >= 0.6 is 0 Å². The number of hydrogen-bond acceptors (Lipinski definition) is 4. The Hall–Kier alpha value is -1.59. The highest BCUT2D eigenvalue weighted by molar-refractivity contribution is 5.92. The molecule has 1 aromatic carbocycles. The molecule has 20 heavy (non-hydrogen) atoms. The maximum Gasteiger partial charge on any atom is 0.238 e. The van der Waals surface area contributed by atoms with Crippen LogP contribution in [0.3, 0.4) is 0 Å². The molecule has 2 N–H and O–H groups in total. The molecule has 5 nitrogen and oxygen atoms in total.